The molecule has 0 spiro atoms. The lowest BCUT2D eigenvalue weighted by atomic mass is 9.91. The van der Waals surface area contributed by atoms with E-state index in [0.717, 1.165) is 22.8 Å². The molecule has 1 aromatic rings. The molecule has 0 radical (unpaired) electrons. The van der Waals surface area contributed by atoms with Crippen LogP contribution in [-0.2, 0) is 0 Å². The highest BCUT2D eigenvalue weighted by Crippen LogP contribution is 2.17. The van der Waals surface area contributed by atoms with E-state index in [-0.39, 0.29) is 0 Å². The molecular weight excluding hydrogens is 216 g/mol. The molecular formula is C12H15BFN3. The maximum Gasteiger partial charge on any atom is 0.462 e. The van der Waals surface area contributed by atoms with Crippen LogP contribution in [0.15, 0.2) is 35.0 Å². The van der Waals surface area contributed by atoms with Gasteiger partial charge in [0.25, 0.3) is 0 Å². The molecule has 2 rings (SSSR count). The number of aliphatic imine (C=N–C) groups is 1. The molecule has 17 heavy (non-hydrogen) atoms. The fourth-order valence-corrected chi connectivity index (χ4v) is 1.94. The van der Waals surface area contributed by atoms with Gasteiger partial charge < -0.3 is 14.5 Å². The second-order valence-corrected chi connectivity index (χ2v) is 4.05. The van der Waals surface area contributed by atoms with Crippen LogP contribution in [-0.4, -0.2) is 23.9 Å². The van der Waals surface area contributed by atoms with Crippen molar-refractivity contribution in [3.8, 4) is 0 Å². The number of hydrogen-bond acceptors (Lipinski definition) is 2. The van der Waals surface area contributed by atoms with Crippen molar-refractivity contribution >= 4 is 18.9 Å². The summed E-state index contributed by atoms with van der Waals surface area (Å²) in [7, 11) is -1.04. The Kier molecular flexibility index (Phi) is 3.29. The average Bonchev–Trinajstić information content (AvgIpc) is 2.86. The third kappa shape index (κ3) is 2.39. The molecule has 0 unspecified atom stereocenters. The largest absolute Gasteiger partial charge is 0.462 e. The molecule has 0 saturated carbocycles. The average molecular weight is 231 g/mol. The molecule has 1 aliphatic rings. The minimum absolute atomic E-state index is 0.424. The topological polar surface area (TPSA) is 43.3 Å². The van der Waals surface area contributed by atoms with Gasteiger partial charge in [0.1, 0.15) is 0 Å². The maximum absolute atomic E-state index is 13.5. The van der Waals surface area contributed by atoms with Crippen molar-refractivity contribution in [1.82, 2.24) is 4.48 Å². The van der Waals surface area contributed by atoms with Gasteiger partial charge in [0.2, 0.25) is 0 Å². The van der Waals surface area contributed by atoms with Crippen LogP contribution in [0, 0.1) is 6.92 Å². The van der Waals surface area contributed by atoms with Crippen molar-refractivity contribution in [2.75, 3.05) is 6.54 Å². The summed E-state index contributed by atoms with van der Waals surface area (Å²) < 4.78 is 15.1. The van der Waals surface area contributed by atoms with E-state index in [4.69, 9.17) is 5.73 Å². The van der Waals surface area contributed by atoms with E-state index >= 15 is 0 Å². The number of aromatic nitrogens is 1. The first-order valence-electron chi connectivity index (χ1n) is 5.61. The maximum atomic E-state index is 13.5. The van der Waals surface area contributed by atoms with Gasteiger partial charge in [-0.2, -0.15) is 0 Å². The SMILES string of the molecule is CB(F)n1c(C)ccc1/C=C1/C=CC(CN)=N1. The molecule has 0 fully saturated rings. The zero-order chi connectivity index (χ0) is 12.4. The van der Waals surface area contributed by atoms with Crippen LogP contribution in [0.25, 0.3) is 6.08 Å². The van der Waals surface area contributed by atoms with Crippen LogP contribution in [0.4, 0.5) is 4.32 Å². The summed E-state index contributed by atoms with van der Waals surface area (Å²) in [5.74, 6) is 0. The quantitative estimate of drug-likeness (QED) is 0.794. The first-order valence-corrected chi connectivity index (χ1v) is 5.61. The predicted octanol–water partition coefficient (Wildman–Crippen LogP) is 2.04. The van der Waals surface area contributed by atoms with Crippen molar-refractivity contribution in [3.63, 3.8) is 0 Å². The van der Waals surface area contributed by atoms with E-state index < -0.39 is 7.12 Å². The van der Waals surface area contributed by atoms with Crippen LogP contribution in [0.1, 0.15) is 11.4 Å². The standard InChI is InChI=1S/C12H15BFN3/c1-9-3-6-12(17(9)13(2)14)7-10-4-5-11(8-15)16-10/h3-7H,8,15H2,1-2H3/b10-7-. The van der Waals surface area contributed by atoms with E-state index in [9.17, 15) is 4.32 Å². The highest BCUT2D eigenvalue weighted by Gasteiger charge is 2.14. The Morgan fingerprint density at radius 2 is 2.24 bits per heavy atom. The Hall–Kier alpha value is -1.62. The predicted molar refractivity (Wildman–Crippen MR) is 70.9 cm³/mol. The molecule has 2 heterocycles. The summed E-state index contributed by atoms with van der Waals surface area (Å²) in [6.45, 7) is 3.83. The lowest BCUT2D eigenvalue weighted by Gasteiger charge is -2.07. The zero-order valence-corrected chi connectivity index (χ0v) is 10.0. The molecule has 5 heteroatoms. The second kappa shape index (κ2) is 4.71. The number of aryl methyl sites for hydroxylation is 1. The molecule has 88 valence electrons. The molecule has 0 atom stereocenters. The molecule has 0 aliphatic carbocycles. The summed E-state index contributed by atoms with van der Waals surface area (Å²) >= 11 is 0. The number of nitrogens with two attached hydrogens (primary N) is 1. The van der Waals surface area contributed by atoms with Crippen LogP contribution in [0.2, 0.25) is 6.82 Å². The number of rotatable bonds is 3. The minimum atomic E-state index is -1.04. The van der Waals surface area contributed by atoms with E-state index in [1.165, 1.54) is 6.82 Å². The number of halogens is 1. The van der Waals surface area contributed by atoms with Crippen LogP contribution in [0.5, 0.6) is 0 Å². The molecule has 1 aliphatic heterocycles. The molecule has 0 saturated heterocycles. The molecule has 0 amide bonds. The summed E-state index contributed by atoms with van der Waals surface area (Å²) in [6, 6.07) is 3.79. The molecule has 3 nitrogen and oxygen atoms in total. The van der Waals surface area contributed by atoms with E-state index in [1.807, 2.05) is 37.3 Å². The van der Waals surface area contributed by atoms with Gasteiger partial charge >= 0.3 is 7.12 Å². The van der Waals surface area contributed by atoms with Gasteiger partial charge in [-0.05, 0) is 44.1 Å². The highest BCUT2D eigenvalue weighted by atomic mass is 19.1. The normalized spacial score (nSPS) is 16.7. The number of nitrogens with zero attached hydrogens (tertiary/aromatic N) is 2. The van der Waals surface area contributed by atoms with Crippen molar-refractivity contribution in [2.24, 2.45) is 10.7 Å². The summed E-state index contributed by atoms with van der Waals surface area (Å²) in [5, 5.41) is 0. The minimum Gasteiger partial charge on any atom is -0.360 e. The zero-order valence-electron chi connectivity index (χ0n) is 10.0. The van der Waals surface area contributed by atoms with Crippen molar-refractivity contribution in [1.29, 1.82) is 0 Å². The molecule has 0 bridgehead atoms. The van der Waals surface area contributed by atoms with Crippen molar-refractivity contribution < 1.29 is 4.32 Å². The lowest BCUT2D eigenvalue weighted by Crippen LogP contribution is -2.17. The van der Waals surface area contributed by atoms with E-state index in [0.29, 0.717) is 6.54 Å². The summed E-state index contributed by atoms with van der Waals surface area (Å²) in [5.41, 5.74) is 8.87. The Morgan fingerprint density at radius 3 is 2.82 bits per heavy atom. The second-order valence-electron chi connectivity index (χ2n) is 4.05. The Bertz CT molecular complexity index is 512. The van der Waals surface area contributed by atoms with Crippen LogP contribution in [0.3, 0.4) is 0 Å². The highest BCUT2D eigenvalue weighted by molar-refractivity contribution is 6.48. The fourth-order valence-electron chi connectivity index (χ4n) is 1.94. The fraction of sp³-hybridized carbons (Fsp3) is 0.250. The van der Waals surface area contributed by atoms with Crippen LogP contribution >= 0.6 is 0 Å². The lowest BCUT2D eigenvalue weighted by molar-refractivity contribution is 0.790. The van der Waals surface area contributed by atoms with E-state index in [1.54, 1.807) is 4.48 Å². The van der Waals surface area contributed by atoms with Gasteiger partial charge in [0.05, 0.1) is 11.4 Å². The van der Waals surface area contributed by atoms with Gasteiger partial charge in [-0.15, -0.1) is 0 Å². The first-order chi connectivity index (χ1) is 8.11. The van der Waals surface area contributed by atoms with Gasteiger partial charge in [-0.3, -0.25) is 4.99 Å². The molecule has 0 aromatic carbocycles. The molecule has 2 N–H and O–H groups in total. The van der Waals surface area contributed by atoms with Crippen molar-refractivity contribution in [3.05, 3.63) is 41.4 Å². The number of hydrogen-bond donors (Lipinski definition) is 1. The smallest absolute Gasteiger partial charge is 0.360 e. The monoisotopic (exact) mass is 231 g/mol. The first kappa shape index (κ1) is 11.9. The van der Waals surface area contributed by atoms with Crippen molar-refractivity contribution in [2.45, 2.75) is 13.7 Å². The number of allylic oxidation sites excluding steroid dienone is 1. The van der Waals surface area contributed by atoms with Gasteiger partial charge in [-0.1, -0.05) is 0 Å². The van der Waals surface area contributed by atoms with Gasteiger partial charge in [0, 0.05) is 17.9 Å². The molecule has 1 aromatic heterocycles. The van der Waals surface area contributed by atoms with Gasteiger partial charge in [0.15, 0.2) is 0 Å². The van der Waals surface area contributed by atoms with Gasteiger partial charge in [-0.25, -0.2) is 0 Å². The van der Waals surface area contributed by atoms with E-state index in [2.05, 4.69) is 4.99 Å². The Morgan fingerprint density at radius 1 is 1.47 bits per heavy atom. The summed E-state index contributed by atoms with van der Waals surface area (Å²) in [4.78, 5) is 4.32. The third-order valence-corrected chi connectivity index (χ3v) is 2.73. The van der Waals surface area contributed by atoms with Crippen LogP contribution < -0.4 is 5.73 Å². The Labute approximate surface area is 101 Å². The summed E-state index contributed by atoms with van der Waals surface area (Å²) in [6.07, 6.45) is 5.63. The Balaban J connectivity index is 2.35. The third-order valence-electron chi connectivity index (χ3n) is 2.73.